The van der Waals surface area contributed by atoms with E-state index in [0.717, 1.165) is 66.2 Å². The number of hydrogen-bond donors (Lipinski definition) is 1. The van der Waals surface area contributed by atoms with E-state index in [1.165, 1.54) is 0 Å². The molecule has 0 radical (unpaired) electrons. The molecule has 1 N–H and O–H groups in total. The molecule has 0 atom stereocenters. The van der Waals surface area contributed by atoms with Crippen molar-refractivity contribution in [3.8, 4) is 44.9 Å². The van der Waals surface area contributed by atoms with Gasteiger partial charge < -0.3 is 9.84 Å². The van der Waals surface area contributed by atoms with Crippen LogP contribution in [0.4, 0.5) is 0 Å². The van der Waals surface area contributed by atoms with Gasteiger partial charge >= 0.3 is 0 Å². The van der Waals surface area contributed by atoms with Gasteiger partial charge in [-0.15, -0.1) is 0 Å². The molecule has 36 heavy (non-hydrogen) atoms. The average Bonchev–Trinajstić information content (AvgIpc) is 2.92. The first kappa shape index (κ1) is 21.9. The number of aromatic hydroxyl groups is 1. The van der Waals surface area contributed by atoms with Crippen molar-refractivity contribution in [1.29, 1.82) is 0 Å². The van der Waals surface area contributed by atoms with Crippen molar-refractivity contribution in [3.63, 3.8) is 0 Å². The Labute approximate surface area is 211 Å². The number of aryl methyl sites for hydroxylation is 1. The minimum Gasteiger partial charge on any atom is -0.507 e. The summed E-state index contributed by atoms with van der Waals surface area (Å²) in [7, 11) is 1.72. The molecule has 0 aliphatic rings. The second-order valence-electron chi connectivity index (χ2n) is 9.15. The second kappa shape index (κ2) is 8.90. The largest absolute Gasteiger partial charge is 0.507 e. The highest BCUT2D eigenvalue weighted by Gasteiger charge is 2.21. The predicted molar refractivity (Wildman–Crippen MR) is 151 cm³/mol. The zero-order valence-electron chi connectivity index (χ0n) is 20.3. The summed E-state index contributed by atoms with van der Waals surface area (Å²) >= 11 is 0. The summed E-state index contributed by atoms with van der Waals surface area (Å²) < 4.78 is 5.90. The van der Waals surface area contributed by atoms with Gasteiger partial charge in [0, 0.05) is 10.8 Å². The van der Waals surface area contributed by atoms with Crippen LogP contribution in [0.2, 0.25) is 0 Å². The van der Waals surface area contributed by atoms with Crippen molar-refractivity contribution in [1.82, 2.24) is 0 Å². The number of hydrogen-bond acceptors (Lipinski definition) is 2. The van der Waals surface area contributed by atoms with Crippen molar-refractivity contribution >= 4 is 21.5 Å². The molecule has 0 heterocycles. The molecule has 6 aromatic carbocycles. The van der Waals surface area contributed by atoms with Crippen LogP contribution in [0, 0.1) is 6.92 Å². The maximum Gasteiger partial charge on any atom is 0.127 e. The van der Waals surface area contributed by atoms with Crippen LogP contribution in [0.3, 0.4) is 0 Å². The Bertz CT molecular complexity index is 1720. The number of rotatable bonds is 4. The van der Waals surface area contributed by atoms with Crippen molar-refractivity contribution in [2.45, 2.75) is 6.92 Å². The highest BCUT2D eigenvalue weighted by atomic mass is 16.5. The van der Waals surface area contributed by atoms with Crippen LogP contribution in [0.1, 0.15) is 5.56 Å². The highest BCUT2D eigenvalue weighted by Crippen LogP contribution is 2.48. The lowest BCUT2D eigenvalue weighted by atomic mass is 9.83. The topological polar surface area (TPSA) is 29.5 Å². The van der Waals surface area contributed by atoms with E-state index in [2.05, 4.69) is 85.8 Å². The molecule has 2 heteroatoms. The van der Waals surface area contributed by atoms with E-state index in [9.17, 15) is 5.11 Å². The van der Waals surface area contributed by atoms with Crippen LogP contribution in [0.15, 0.2) is 115 Å². The summed E-state index contributed by atoms with van der Waals surface area (Å²) in [6.45, 7) is 2.09. The Balaban J connectivity index is 1.83. The zero-order valence-corrected chi connectivity index (χ0v) is 20.3. The summed E-state index contributed by atoms with van der Waals surface area (Å²) in [5.74, 6) is 1.08. The van der Waals surface area contributed by atoms with Gasteiger partial charge in [0.2, 0.25) is 0 Å². The number of benzene rings is 6. The first-order chi connectivity index (χ1) is 17.7. The fourth-order valence-electron chi connectivity index (χ4n) is 5.29. The van der Waals surface area contributed by atoms with E-state index in [-0.39, 0.29) is 5.75 Å². The smallest absolute Gasteiger partial charge is 0.127 e. The van der Waals surface area contributed by atoms with E-state index in [0.29, 0.717) is 0 Å². The van der Waals surface area contributed by atoms with Gasteiger partial charge in [-0.25, -0.2) is 0 Å². The van der Waals surface area contributed by atoms with E-state index in [1.54, 1.807) is 7.11 Å². The number of ether oxygens (including phenoxy) is 1. The molecule has 0 saturated heterocycles. The Morgan fingerprint density at radius 3 is 1.72 bits per heavy atom. The first-order valence-electron chi connectivity index (χ1n) is 12.1. The molecule has 0 aliphatic heterocycles. The Morgan fingerprint density at radius 1 is 0.528 bits per heavy atom. The predicted octanol–water partition coefficient (Wildman–Crippen LogP) is 9.02. The van der Waals surface area contributed by atoms with Crippen LogP contribution in [0.5, 0.6) is 11.5 Å². The fourth-order valence-corrected chi connectivity index (χ4v) is 5.29. The van der Waals surface area contributed by atoms with Gasteiger partial charge in [0.1, 0.15) is 11.5 Å². The van der Waals surface area contributed by atoms with Gasteiger partial charge in [-0.2, -0.15) is 0 Å². The molecule has 0 fully saturated rings. The van der Waals surface area contributed by atoms with E-state index >= 15 is 0 Å². The molecule has 0 spiro atoms. The molecule has 174 valence electrons. The fraction of sp³-hybridized carbons (Fsp3) is 0.0588. The maximum absolute atomic E-state index is 11.2. The third-order valence-corrected chi connectivity index (χ3v) is 6.91. The molecule has 0 amide bonds. The van der Waals surface area contributed by atoms with Crippen molar-refractivity contribution in [2.75, 3.05) is 7.11 Å². The van der Waals surface area contributed by atoms with Crippen molar-refractivity contribution in [2.24, 2.45) is 0 Å². The normalized spacial score (nSPS) is 11.2. The summed E-state index contributed by atoms with van der Waals surface area (Å²) in [5.41, 5.74) is 7.59. The lowest BCUT2D eigenvalue weighted by Gasteiger charge is -2.21. The number of phenols is 1. The summed E-state index contributed by atoms with van der Waals surface area (Å²) in [6, 6.07) is 39.5. The van der Waals surface area contributed by atoms with Crippen LogP contribution in [-0.2, 0) is 0 Å². The van der Waals surface area contributed by atoms with Crippen LogP contribution in [-0.4, -0.2) is 12.2 Å². The third-order valence-electron chi connectivity index (χ3n) is 6.91. The summed E-state index contributed by atoms with van der Waals surface area (Å²) in [4.78, 5) is 0. The van der Waals surface area contributed by atoms with E-state index in [4.69, 9.17) is 4.74 Å². The zero-order chi connectivity index (χ0) is 24.6. The minimum atomic E-state index is 0.269. The molecule has 0 unspecified atom stereocenters. The number of phenolic OH excluding ortho intramolecular Hbond substituents is 1. The van der Waals surface area contributed by atoms with Gasteiger partial charge in [-0.05, 0) is 63.2 Å². The van der Waals surface area contributed by atoms with Gasteiger partial charge in [0.15, 0.2) is 0 Å². The quantitative estimate of drug-likeness (QED) is 0.281. The van der Waals surface area contributed by atoms with Crippen LogP contribution < -0.4 is 4.74 Å². The monoisotopic (exact) mass is 466 g/mol. The Kier molecular flexibility index (Phi) is 5.42. The van der Waals surface area contributed by atoms with Crippen molar-refractivity contribution < 1.29 is 9.84 Å². The number of methoxy groups -OCH3 is 1. The SMILES string of the molecule is COc1cc(-c2cc(O)c3ccc(C)cc3c2-c2ccccc2)c(-c2ccccc2)c2ccccc12. The van der Waals surface area contributed by atoms with Gasteiger partial charge in [-0.1, -0.05) is 109 Å². The summed E-state index contributed by atoms with van der Waals surface area (Å²) in [5, 5.41) is 15.3. The lowest BCUT2D eigenvalue weighted by molar-refractivity contribution is 0.420. The second-order valence-corrected chi connectivity index (χ2v) is 9.15. The molecule has 0 saturated carbocycles. The summed E-state index contributed by atoms with van der Waals surface area (Å²) in [6.07, 6.45) is 0. The Morgan fingerprint density at radius 2 is 1.08 bits per heavy atom. The van der Waals surface area contributed by atoms with Gasteiger partial charge in [-0.3, -0.25) is 0 Å². The molecule has 0 aromatic heterocycles. The van der Waals surface area contributed by atoms with E-state index in [1.807, 2.05) is 36.4 Å². The maximum atomic E-state index is 11.2. The molecule has 0 aliphatic carbocycles. The minimum absolute atomic E-state index is 0.269. The van der Waals surface area contributed by atoms with Crippen LogP contribution in [0.25, 0.3) is 54.9 Å². The molecular weight excluding hydrogens is 440 g/mol. The van der Waals surface area contributed by atoms with Gasteiger partial charge in [0.25, 0.3) is 0 Å². The number of fused-ring (bicyclic) bond motifs is 2. The van der Waals surface area contributed by atoms with Gasteiger partial charge in [0.05, 0.1) is 7.11 Å². The highest BCUT2D eigenvalue weighted by molar-refractivity contribution is 6.13. The Hall–Kier alpha value is -4.56. The van der Waals surface area contributed by atoms with Crippen LogP contribution >= 0.6 is 0 Å². The first-order valence-corrected chi connectivity index (χ1v) is 12.1. The van der Waals surface area contributed by atoms with Crippen molar-refractivity contribution in [3.05, 3.63) is 121 Å². The molecule has 6 rings (SSSR count). The molecular formula is C34H26O2. The lowest BCUT2D eigenvalue weighted by Crippen LogP contribution is -1.95. The standard InChI is InChI=1S/C34H26O2/c1-22-17-18-25-28(19-22)34(24-13-7-4-8-14-24)29(20-31(25)35)30-21-32(36-2)26-15-9-10-16-27(26)33(30)23-11-5-3-6-12-23/h3-21,35H,1-2H3. The van der Waals surface area contributed by atoms with E-state index < -0.39 is 0 Å². The molecule has 2 nitrogen and oxygen atoms in total. The average molecular weight is 467 g/mol. The molecule has 6 aromatic rings. The molecule has 0 bridgehead atoms. The third kappa shape index (κ3) is 3.59.